The average molecular weight is 253 g/mol. The van der Waals surface area contributed by atoms with Crippen LogP contribution in [0.4, 0.5) is 5.13 Å². The molecule has 0 aliphatic heterocycles. The summed E-state index contributed by atoms with van der Waals surface area (Å²) >= 11 is 1.24. The van der Waals surface area contributed by atoms with Gasteiger partial charge in [-0.15, -0.1) is 0 Å². The van der Waals surface area contributed by atoms with Gasteiger partial charge in [-0.05, 0) is 24.7 Å². The van der Waals surface area contributed by atoms with E-state index in [2.05, 4.69) is 17.2 Å². The van der Waals surface area contributed by atoms with Gasteiger partial charge < -0.3 is 11.1 Å². The molecule has 0 atom stereocenters. The quantitative estimate of drug-likeness (QED) is 0.868. The van der Waals surface area contributed by atoms with Crippen LogP contribution in [0.25, 0.3) is 0 Å². The lowest BCUT2D eigenvalue weighted by molar-refractivity contribution is 0.0945. The number of nitrogens with zero attached hydrogens (tertiary/aromatic N) is 1. The lowest BCUT2D eigenvalue weighted by Crippen LogP contribution is -2.30. The maximum absolute atomic E-state index is 11.8. The molecule has 1 fully saturated rings. The number of rotatable bonds is 3. The Hall–Kier alpha value is -1.10. The molecule has 0 aromatic carbocycles. The lowest BCUT2D eigenvalue weighted by atomic mass is 9.83. The Bertz CT molecular complexity index is 383. The van der Waals surface area contributed by atoms with Crippen molar-refractivity contribution in [3.05, 3.63) is 11.1 Å². The minimum absolute atomic E-state index is 0.0437. The highest BCUT2D eigenvalue weighted by molar-refractivity contribution is 7.17. The highest BCUT2D eigenvalue weighted by atomic mass is 32.1. The third kappa shape index (κ3) is 3.43. The van der Waals surface area contributed by atoms with Crippen molar-refractivity contribution in [2.45, 2.75) is 32.6 Å². The zero-order valence-electron chi connectivity index (χ0n) is 10.1. The molecule has 2 rings (SSSR count). The first-order valence-electron chi connectivity index (χ1n) is 6.14. The summed E-state index contributed by atoms with van der Waals surface area (Å²) in [5.74, 6) is 1.45. The monoisotopic (exact) mass is 253 g/mol. The molecule has 1 aliphatic carbocycles. The molecule has 94 valence electrons. The molecule has 1 heterocycles. The molecule has 1 aliphatic rings. The third-order valence-electron chi connectivity index (χ3n) is 3.43. The highest BCUT2D eigenvalue weighted by Crippen LogP contribution is 2.27. The molecule has 0 spiro atoms. The van der Waals surface area contributed by atoms with Crippen molar-refractivity contribution in [3.8, 4) is 0 Å². The molecule has 3 N–H and O–H groups in total. The molecule has 0 saturated heterocycles. The molecule has 5 heteroatoms. The van der Waals surface area contributed by atoms with Gasteiger partial charge in [-0.25, -0.2) is 4.98 Å². The van der Waals surface area contributed by atoms with Gasteiger partial charge in [0.2, 0.25) is 0 Å². The first kappa shape index (κ1) is 12.4. The van der Waals surface area contributed by atoms with Crippen LogP contribution in [0.15, 0.2) is 6.20 Å². The van der Waals surface area contributed by atoms with Crippen LogP contribution in [-0.4, -0.2) is 17.4 Å². The molecule has 0 unspecified atom stereocenters. The zero-order valence-corrected chi connectivity index (χ0v) is 10.9. The van der Waals surface area contributed by atoms with E-state index in [0.29, 0.717) is 15.9 Å². The summed E-state index contributed by atoms with van der Waals surface area (Å²) < 4.78 is 0. The lowest BCUT2D eigenvalue weighted by Gasteiger charge is -2.26. The van der Waals surface area contributed by atoms with E-state index in [9.17, 15) is 4.79 Å². The average Bonchev–Trinajstić information content (AvgIpc) is 2.75. The van der Waals surface area contributed by atoms with E-state index in [4.69, 9.17) is 5.73 Å². The minimum atomic E-state index is -0.0437. The molecular formula is C12H19N3OS. The van der Waals surface area contributed by atoms with E-state index in [0.717, 1.165) is 12.5 Å². The molecule has 17 heavy (non-hydrogen) atoms. The number of aromatic nitrogens is 1. The largest absolute Gasteiger partial charge is 0.375 e. The number of nitrogens with two attached hydrogens (primary N) is 1. The van der Waals surface area contributed by atoms with Gasteiger partial charge in [0.25, 0.3) is 5.91 Å². The molecule has 1 aromatic rings. The molecule has 0 bridgehead atoms. The number of hydrogen-bond donors (Lipinski definition) is 2. The summed E-state index contributed by atoms with van der Waals surface area (Å²) in [6, 6.07) is 0. The van der Waals surface area contributed by atoms with Crippen molar-refractivity contribution in [3.63, 3.8) is 0 Å². The van der Waals surface area contributed by atoms with Crippen LogP contribution in [-0.2, 0) is 0 Å². The summed E-state index contributed by atoms with van der Waals surface area (Å²) in [7, 11) is 0. The number of nitrogens with one attached hydrogen (secondary N) is 1. The topological polar surface area (TPSA) is 68.0 Å². The standard InChI is InChI=1S/C12H19N3OS/c1-8-2-4-9(5-3-8)6-14-11(16)10-7-15-12(13)17-10/h7-9H,2-6H2,1H3,(H2,13,15)(H,14,16). The first-order valence-corrected chi connectivity index (χ1v) is 6.96. The van der Waals surface area contributed by atoms with Gasteiger partial charge in [-0.1, -0.05) is 31.1 Å². The fourth-order valence-corrected chi connectivity index (χ4v) is 2.85. The van der Waals surface area contributed by atoms with Crippen molar-refractivity contribution in [1.29, 1.82) is 0 Å². The molecule has 1 amide bonds. The fraction of sp³-hybridized carbons (Fsp3) is 0.667. The SMILES string of the molecule is CC1CCC(CNC(=O)c2cnc(N)s2)CC1. The third-order valence-corrected chi connectivity index (χ3v) is 4.26. The van der Waals surface area contributed by atoms with Gasteiger partial charge >= 0.3 is 0 Å². The van der Waals surface area contributed by atoms with Crippen LogP contribution in [0.2, 0.25) is 0 Å². The minimum Gasteiger partial charge on any atom is -0.375 e. The Morgan fingerprint density at radius 1 is 1.53 bits per heavy atom. The molecular weight excluding hydrogens is 234 g/mol. The van der Waals surface area contributed by atoms with Crippen LogP contribution in [0, 0.1) is 11.8 Å². The predicted octanol–water partition coefficient (Wildman–Crippen LogP) is 2.28. The second-order valence-corrected chi connectivity index (χ2v) is 5.96. The second-order valence-electron chi connectivity index (χ2n) is 4.90. The van der Waals surface area contributed by atoms with Crippen molar-refractivity contribution in [1.82, 2.24) is 10.3 Å². The summed E-state index contributed by atoms with van der Waals surface area (Å²) in [6.45, 7) is 3.08. The zero-order chi connectivity index (χ0) is 12.3. The van der Waals surface area contributed by atoms with Crippen LogP contribution < -0.4 is 11.1 Å². The Balaban J connectivity index is 1.76. The van der Waals surface area contributed by atoms with Crippen molar-refractivity contribution in [2.75, 3.05) is 12.3 Å². The van der Waals surface area contributed by atoms with Gasteiger partial charge in [0, 0.05) is 6.54 Å². The maximum Gasteiger partial charge on any atom is 0.263 e. The van der Waals surface area contributed by atoms with E-state index in [1.807, 2.05) is 0 Å². The van der Waals surface area contributed by atoms with E-state index < -0.39 is 0 Å². The molecule has 4 nitrogen and oxygen atoms in total. The van der Waals surface area contributed by atoms with Crippen LogP contribution in [0.1, 0.15) is 42.3 Å². The number of nitrogen functional groups attached to an aromatic ring is 1. The van der Waals surface area contributed by atoms with Crippen LogP contribution in [0.3, 0.4) is 0 Å². The van der Waals surface area contributed by atoms with E-state index in [1.54, 1.807) is 0 Å². The Morgan fingerprint density at radius 3 is 2.82 bits per heavy atom. The smallest absolute Gasteiger partial charge is 0.263 e. The van der Waals surface area contributed by atoms with Gasteiger partial charge in [-0.3, -0.25) is 4.79 Å². The van der Waals surface area contributed by atoms with Crippen LogP contribution >= 0.6 is 11.3 Å². The normalized spacial score (nSPS) is 24.5. The predicted molar refractivity (Wildman–Crippen MR) is 70.0 cm³/mol. The second kappa shape index (κ2) is 5.49. The van der Waals surface area contributed by atoms with E-state index in [-0.39, 0.29) is 5.91 Å². The van der Waals surface area contributed by atoms with E-state index >= 15 is 0 Å². The van der Waals surface area contributed by atoms with Gasteiger partial charge in [0.05, 0.1) is 6.20 Å². The first-order chi connectivity index (χ1) is 8.15. The van der Waals surface area contributed by atoms with Crippen molar-refractivity contribution < 1.29 is 4.79 Å². The molecule has 0 radical (unpaired) electrons. The Labute approximate surface area is 106 Å². The highest BCUT2D eigenvalue weighted by Gasteiger charge is 2.19. The maximum atomic E-state index is 11.8. The summed E-state index contributed by atoms with van der Waals surface area (Å²) in [6.07, 6.45) is 6.57. The fourth-order valence-electron chi connectivity index (χ4n) is 2.25. The number of anilines is 1. The van der Waals surface area contributed by atoms with E-state index in [1.165, 1.54) is 43.2 Å². The molecule has 1 aromatic heterocycles. The summed E-state index contributed by atoms with van der Waals surface area (Å²) in [5, 5.41) is 3.42. The Kier molecular flexibility index (Phi) is 3.99. The van der Waals surface area contributed by atoms with Crippen molar-refractivity contribution >= 4 is 22.4 Å². The summed E-state index contributed by atoms with van der Waals surface area (Å²) in [4.78, 5) is 16.3. The number of carbonyl (C=O) groups is 1. The van der Waals surface area contributed by atoms with Gasteiger partial charge in [0.1, 0.15) is 4.88 Å². The Morgan fingerprint density at radius 2 is 2.24 bits per heavy atom. The molecule has 1 saturated carbocycles. The van der Waals surface area contributed by atoms with Gasteiger partial charge in [0.15, 0.2) is 5.13 Å². The number of thiazole rings is 1. The summed E-state index contributed by atoms with van der Waals surface area (Å²) in [5.41, 5.74) is 5.50. The van der Waals surface area contributed by atoms with Crippen molar-refractivity contribution in [2.24, 2.45) is 11.8 Å². The number of amides is 1. The number of carbonyl (C=O) groups excluding carboxylic acids is 1. The van der Waals surface area contributed by atoms with Crippen LogP contribution in [0.5, 0.6) is 0 Å². The van der Waals surface area contributed by atoms with Gasteiger partial charge in [-0.2, -0.15) is 0 Å². The number of hydrogen-bond acceptors (Lipinski definition) is 4.